The molecule has 1 aromatic carbocycles. The number of carbonyl (C=O) groups is 2. The third kappa shape index (κ3) is 5.95. The number of hydrogen-bond acceptors (Lipinski definition) is 7. The summed E-state index contributed by atoms with van der Waals surface area (Å²) in [7, 11) is 1.30. The molecule has 0 aliphatic heterocycles. The largest absolute Gasteiger partial charge is 0.445 e. The van der Waals surface area contributed by atoms with Gasteiger partial charge in [0, 0.05) is 7.05 Å². The molecule has 23 heavy (non-hydrogen) atoms. The van der Waals surface area contributed by atoms with Crippen molar-refractivity contribution in [3.63, 3.8) is 0 Å². The van der Waals surface area contributed by atoms with Crippen LogP contribution in [-0.2, 0) is 16.1 Å². The van der Waals surface area contributed by atoms with Gasteiger partial charge in [-0.3, -0.25) is 4.79 Å². The lowest BCUT2D eigenvalue weighted by Gasteiger charge is -2.23. The molecule has 8 heteroatoms. The molecule has 0 fully saturated rings. The lowest BCUT2D eigenvalue weighted by molar-refractivity contribution is -0.140. The van der Waals surface area contributed by atoms with Crippen LogP contribution in [0, 0.1) is 0 Å². The third-order valence-electron chi connectivity index (χ3n) is 3.14. The highest BCUT2D eigenvalue weighted by Crippen LogP contribution is 2.05. The topological polar surface area (TPSA) is 128 Å². The van der Waals surface area contributed by atoms with E-state index in [1.54, 1.807) is 24.3 Å². The Balaban J connectivity index is 2.46. The molecule has 1 rings (SSSR count). The van der Waals surface area contributed by atoms with E-state index in [9.17, 15) is 24.9 Å². The van der Waals surface area contributed by atoms with Gasteiger partial charge in [0.25, 0.3) is 0 Å². The van der Waals surface area contributed by atoms with Crippen LogP contribution in [0.25, 0.3) is 0 Å². The molecule has 0 aliphatic rings. The maximum absolute atomic E-state index is 11.8. The average Bonchev–Trinajstić information content (AvgIpc) is 2.58. The van der Waals surface area contributed by atoms with Crippen LogP contribution in [0.1, 0.15) is 5.56 Å². The van der Waals surface area contributed by atoms with Gasteiger partial charge in [-0.05, 0) is 5.56 Å². The first-order valence-corrected chi connectivity index (χ1v) is 6.96. The Morgan fingerprint density at radius 2 is 1.78 bits per heavy atom. The van der Waals surface area contributed by atoms with E-state index in [0.717, 1.165) is 10.5 Å². The number of ether oxygens (including phenoxy) is 1. The standard InChI is InChI=1S/C15H21NO7/c1-16(7-11(18)13(20)14(21)12(19)8-17)15(22)23-9-10-5-3-2-4-6-10/h2-6,12-14,17,19-21H,7-9H2,1H3/t12?,13-,14-/m1/s1. The highest BCUT2D eigenvalue weighted by Gasteiger charge is 2.31. The molecule has 3 atom stereocenters. The van der Waals surface area contributed by atoms with Crippen molar-refractivity contribution >= 4 is 11.9 Å². The smallest absolute Gasteiger partial charge is 0.410 e. The molecule has 1 aromatic rings. The number of amides is 1. The van der Waals surface area contributed by atoms with Gasteiger partial charge in [0.05, 0.1) is 13.2 Å². The Labute approximate surface area is 133 Å². The quantitative estimate of drug-likeness (QED) is 0.477. The van der Waals surface area contributed by atoms with Crippen molar-refractivity contribution in [1.29, 1.82) is 0 Å². The van der Waals surface area contributed by atoms with Crippen molar-refractivity contribution in [2.24, 2.45) is 0 Å². The second-order valence-corrected chi connectivity index (χ2v) is 5.05. The summed E-state index contributed by atoms with van der Waals surface area (Å²) in [6.45, 7) is -1.28. The van der Waals surface area contributed by atoms with Crippen LogP contribution < -0.4 is 0 Å². The lowest BCUT2D eigenvalue weighted by atomic mass is 10.0. The fourth-order valence-corrected chi connectivity index (χ4v) is 1.73. The molecule has 0 bridgehead atoms. The summed E-state index contributed by atoms with van der Waals surface area (Å²) >= 11 is 0. The number of Topliss-reactive ketones (excluding diaryl/α,β-unsaturated/α-hetero) is 1. The SMILES string of the molecule is CN(CC(=O)[C@@H](O)[C@H](O)C(O)CO)C(=O)OCc1ccccc1. The van der Waals surface area contributed by atoms with Crippen molar-refractivity contribution in [2.75, 3.05) is 20.2 Å². The van der Waals surface area contributed by atoms with Gasteiger partial charge >= 0.3 is 6.09 Å². The first-order valence-electron chi connectivity index (χ1n) is 6.96. The van der Waals surface area contributed by atoms with Crippen LogP contribution in [0.2, 0.25) is 0 Å². The fourth-order valence-electron chi connectivity index (χ4n) is 1.73. The molecule has 0 spiro atoms. The Kier molecular flexibility index (Phi) is 7.63. The molecule has 1 amide bonds. The fraction of sp³-hybridized carbons (Fsp3) is 0.467. The number of aliphatic hydroxyl groups excluding tert-OH is 4. The number of ketones is 1. The monoisotopic (exact) mass is 327 g/mol. The number of aliphatic hydroxyl groups is 4. The number of carbonyl (C=O) groups excluding carboxylic acids is 2. The van der Waals surface area contributed by atoms with Crippen molar-refractivity contribution < 1.29 is 34.8 Å². The van der Waals surface area contributed by atoms with Crippen molar-refractivity contribution in [3.8, 4) is 0 Å². The molecular weight excluding hydrogens is 306 g/mol. The van der Waals surface area contributed by atoms with Crippen LogP contribution >= 0.6 is 0 Å². The van der Waals surface area contributed by atoms with Gasteiger partial charge in [-0.15, -0.1) is 0 Å². The number of hydrogen-bond donors (Lipinski definition) is 4. The lowest BCUT2D eigenvalue weighted by Crippen LogP contribution is -2.47. The molecule has 0 saturated carbocycles. The minimum absolute atomic E-state index is 0.0343. The molecule has 0 saturated heterocycles. The predicted molar refractivity (Wildman–Crippen MR) is 79.4 cm³/mol. The number of rotatable bonds is 8. The average molecular weight is 327 g/mol. The number of likely N-dealkylation sites (N-methyl/N-ethyl adjacent to an activating group) is 1. The van der Waals surface area contributed by atoms with Crippen LogP contribution in [0.3, 0.4) is 0 Å². The zero-order valence-corrected chi connectivity index (χ0v) is 12.7. The van der Waals surface area contributed by atoms with Gasteiger partial charge in [-0.1, -0.05) is 30.3 Å². The first-order chi connectivity index (χ1) is 10.9. The summed E-state index contributed by atoms with van der Waals surface area (Å²) in [6.07, 6.45) is -6.17. The van der Waals surface area contributed by atoms with Crippen LogP contribution in [-0.4, -0.2) is 75.7 Å². The molecule has 0 aliphatic carbocycles. The summed E-state index contributed by atoms with van der Waals surface area (Å²) in [6, 6.07) is 8.95. The Hall–Kier alpha value is -2.00. The van der Waals surface area contributed by atoms with E-state index >= 15 is 0 Å². The van der Waals surface area contributed by atoms with E-state index in [0.29, 0.717) is 0 Å². The van der Waals surface area contributed by atoms with Crippen molar-refractivity contribution in [2.45, 2.75) is 24.9 Å². The molecule has 0 aromatic heterocycles. The number of benzene rings is 1. The Bertz CT molecular complexity index is 508. The van der Waals surface area contributed by atoms with Crippen molar-refractivity contribution in [1.82, 2.24) is 4.90 Å². The normalized spacial score (nSPS) is 14.7. The summed E-state index contributed by atoms with van der Waals surface area (Å²) in [5, 5.41) is 36.9. The highest BCUT2D eigenvalue weighted by atomic mass is 16.6. The van der Waals surface area contributed by atoms with Crippen LogP contribution in [0.4, 0.5) is 4.79 Å². The molecule has 8 nitrogen and oxygen atoms in total. The molecule has 0 heterocycles. The Morgan fingerprint density at radius 3 is 2.35 bits per heavy atom. The van der Waals surface area contributed by atoms with Crippen molar-refractivity contribution in [3.05, 3.63) is 35.9 Å². The zero-order chi connectivity index (χ0) is 17.4. The maximum Gasteiger partial charge on any atom is 0.410 e. The van der Waals surface area contributed by atoms with Gasteiger partial charge in [0.2, 0.25) is 0 Å². The molecule has 4 N–H and O–H groups in total. The predicted octanol–water partition coefficient (Wildman–Crippen LogP) is -1.10. The van der Waals surface area contributed by atoms with Gasteiger partial charge in [-0.2, -0.15) is 0 Å². The van der Waals surface area contributed by atoms with E-state index in [2.05, 4.69) is 0 Å². The highest BCUT2D eigenvalue weighted by molar-refractivity contribution is 5.87. The summed E-state index contributed by atoms with van der Waals surface area (Å²) < 4.78 is 5.00. The third-order valence-corrected chi connectivity index (χ3v) is 3.14. The van der Waals surface area contributed by atoms with E-state index in [4.69, 9.17) is 9.84 Å². The first kappa shape index (κ1) is 19.0. The molecule has 128 valence electrons. The van der Waals surface area contributed by atoms with Crippen LogP contribution in [0.5, 0.6) is 0 Å². The van der Waals surface area contributed by atoms with E-state index in [1.807, 2.05) is 6.07 Å². The van der Waals surface area contributed by atoms with Gasteiger partial charge in [0.1, 0.15) is 24.9 Å². The van der Waals surface area contributed by atoms with Gasteiger partial charge in [-0.25, -0.2) is 4.79 Å². The summed E-state index contributed by atoms with van der Waals surface area (Å²) in [4.78, 5) is 24.4. The molecular formula is C15H21NO7. The summed E-state index contributed by atoms with van der Waals surface area (Å²) in [5.74, 6) is -0.885. The molecule has 1 unspecified atom stereocenters. The molecule has 0 radical (unpaired) electrons. The minimum Gasteiger partial charge on any atom is -0.445 e. The van der Waals surface area contributed by atoms with Gasteiger partial charge in [0.15, 0.2) is 5.78 Å². The van der Waals surface area contributed by atoms with Gasteiger partial charge < -0.3 is 30.1 Å². The Morgan fingerprint density at radius 1 is 1.17 bits per heavy atom. The summed E-state index contributed by atoms with van der Waals surface area (Å²) in [5.41, 5.74) is 0.780. The van der Waals surface area contributed by atoms with E-state index in [1.165, 1.54) is 7.05 Å². The number of nitrogens with zero attached hydrogens (tertiary/aromatic N) is 1. The second-order valence-electron chi connectivity index (χ2n) is 5.05. The van der Waals surface area contributed by atoms with Crippen LogP contribution in [0.15, 0.2) is 30.3 Å². The minimum atomic E-state index is -1.92. The van der Waals surface area contributed by atoms with E-state index < -0.39 is 43.3 Å². The second kappa shape index (κ2) is 9.21. The maximum atomic E-state index is 11.8. The van der Waals surface area contributed by atoms with E-state index in [-0.39, 0.29) is 6.61 Å². The zero-order valence-electron chi connectivity index (χ0n) is 12.7.